The zero-order valence-corrected chi connectivity index (χ0v) is 22.2. The number of nitro groups is 1. The molecule has 1 aromatic carbocycles. The maximum absolute atomic E-state index is 13.4. The number of halogens is 1. The van der Waals surface area contributed by atoms with E-state index < -0.39 is 40.4 Å². The van der Waals surface area contributed by atoms with Gasteiger partial charge in [-0.15, -0.1) is 0 Å². The average Bonchev–Trinajstić information content (AvgIpc) is 3.13. The van der Waals surface area contributed by atoms with Gasteiger partial charge in [0.15, 0.2) is 12.4 Å². The number of ether oxygens (including phenoxy) is 1. The van der Waals surface area contributed by atoms with E-state index in [-0.39, 0.29) is 58.1 Å². The van der Waals surface area contributed by atoms with Crippen molar-refractivity contribution in [2.24, 2.45) is 28.6 Å². The first-order valence-electron chi connectivity index (χ1n) is 13.1. The highest BCUT2D eigenvalue weighted by Gasteiger charge is 2.68. The molecule has 0 saturated heterocycles. The van der Waals surface area contributed by atoms with Gasteiger partial charge in [0.1, 0.15) is 5.60 Å². The van der Waals surface area contributed by atoms with Crippen LogP contribution in [-0.4, -0.2) is 51.0 Å². The number of aliphatic hydroxyl groups is 2. The summed E-state index contributed by atoms with van der Waals surface area (Å²) in [5, 5.41) is 34.3. The van der Waals surface area contributed by atoms with Gasteiger partial charge in [0, 0.05) is 24.0 Å². The zero-order chi connectivity index (χ0) is 27.6. The number of nitrogens with zero attached hydrogens (tertiary/aromatic N) is 1. The number of Topliss-reactive ketones (excluding diaryl/α,β-unsaturated/α-hetero) is 1. The highest BCUT2D eigenvalue weighted by molar-refractivity contribution is 6.33. The second-order valence-electron chi connectivity index (χ2n) is 11.9. The Bertz CT molecular complexity index is 1260. The molecule has 0 heterocycles. The summed E-state index contributed by atoms with van der Waals surface area (Å²) in [4.78, 5) is 48.5. The van der Waals surface area contributed by atoms with Gasteiger partial charge in [0.05, 0.1) is 21.6 Å². The summed E-state index contributed by atoms with van der Waals surface area (Å²) in [6.07, 6.45) is 4.71. The molecule has 5 rings (SSSR count). The molecule has 9 nitrogen and oxygen atoms in total. The van der Waals surface area contributed by atoms with E-state index in [0.29, 0.717) is 19.3 Å². The van der Waals surface area contributed by atoms with Crippen LogP contribution in [0.2, 0.25) is 5.02 Å². The fourth-order valence-corrected chi connectivity index (χ4v) is 8.46. The summed E-state index contributed by atoms with van der Waals surface area (Å²) >= 11 is 6.02. The Hall–Kier alpha value is -2.62. The molecule has 0 radical (unpaired) electrons. The molecule has 1 aromatic rings. The number of carbonyl (C=O) groups excluding carboxylic acids is 3. The topological polar surface area (TPSA) is 144 Å². The Morgan fingerprint density at radius 1 is 1.21 bits per heavy atom. The van der Waals surface area contributed by atoms with Crippen molar-refractivity contribution in [1.29, 1.82) is 0 Å². The van der Waals surface area contributed by atoms with E-state index in [1.807, 2.05) is 6.92 Å². The number of allylic oxidation sites excluding steroid dienone is 1. The van der Waals surface area contributed by atoms with Crippen molar-refractivity contribution in [3.63, 3.8) is 0 Å². The Kier molecular flexibility index (Phi) is 6.56. The van der Waals surface area contributed by atoms with Gasteiger partial charge < -0.3 is 14.9 Å². The van der Waals surface area contributed by atoms with Crippen molar-refractivity contribution in [3.05, 3.63) is 50.5 Å². The normalized spacial score (nSPS) is 37.9. The van der Waals surface area contributed by atoms with Crippen LogP contribution in [0.3, 0.4) is 0 Å². The van der Waals surface area contributed by atoms with Crippen LogP contribution in [0.15, 0.2) is 29.8 Å². The predicted molar refractivity (Wildman–Crippen MR) is 136 cm³/mol. The highest BCUT2D eigenvalue weighted by Crippen LogP contribution is 2.67. The van der Waals surface area contributed by atoms with Crippen LogP contribution in [0.4, 0.5) is 5.69 Å². The fourth-order valence-electron chi connectivity index (χ4n) is 8.26. The second kappa shape index (κ2) is 9.24. The molecule has 4 aliphatic rings. The summed E-state index contributed by atoms with van der Waals surface area (Å²) in [7, 11) is 0. The smallest absolute Gasteiger partial charge is 0.340 e. The van der Waals surface area contributed by atoms with Crippen molar-refractivity contribution < 1.29 is 34.3 Å². The minimum Gasteiger partial charge on any atom is -0.454 e. The van der Waals surface area contributed by atoms with E-state index >= 15 is 0 Å². The number of non-ortho nitro benzene ring substituents is 1. The zero-order valence-electron chi connectivity index (χ0n) is 21.4. The molecule has 0 bridgehead atoms. The number of hydrogen-bond acceptors (Lipinski definition) is 8. The van der Waals surface area contributed by atoms with Gasteiger partial charge in [-0.05, 0) is 73.8 Å². The maximum Gasteiger partial charge on any atom is 0.340 e. The molecule has 0 amide bonds. The quantitative estimate of drug-likeness (QED) is 0.318. The minimum atomic E-state index is -1.80. The number of esters is 1. The van der Waals surface area contributed by atoms with Gasteiger partial charge in [-0.25, -0.2) is 4.79 Å². The number of aliphatic hydroxyl groups excluding tert-OH is 1. The lowest BCUT2D eigenvalue weighted by atomic mass is 9.45. The predicted octanol–water partition coefficient (Wildman–Crippen LogP) is 4.21. The fraction of sp³-hybridized carbons (Fsp3) is 0.607. The number of nitro benzene ring substituents is 1. The second-order valence-corrected chi connectivity index (χ2v) is 12.3. The van der Waals surface area contributed by atoms with Crippen LogP contribution in [0.1, 0.15) is 69.2 Å². The molecule has 3 fully saturated rings. The SMILES string of the molecule is C[C@]12CCC(=O)C=C1CC[C@@H]1[C@@H]2[C@@H](O)C[C@@]2(C)[C@H]1CC[C@]2(O)C(=O)COC(=O)c1cc([N+](=O)[O-])ccc1Cl. The summed E-state index contributed by atoms with van der Waals surface area (Å²) in [5.41, 5.74) is -2.47. The van der Waals surface area contributed by atoms with Gasteiger partial charge in [-0.1, -0.05) is 31.0 Å². The van der Waals surface area contributed by atoms with Crippen LogP contribution in [-0.2, 0) is 14.3 Å². The van der Waals surface area contributed by atoms with E-state index in [2.05, 4.69) is 6.92 Å². The molecule has 0 aliphatic heterocycles. The van der Waals surface area contributed by atoms with Crippen molar-refractivity contribution >= 4 is 34.8 Å². The first-order chi connectivity index (χ1) is 17.8. The summed E-state index contributed by atoms with van der Waals surface area (Å²) in [6.45, 7) is 3.27. The highest BCUT2D eigenvalue weighted by atomic mass is 35.5. The molecular formula is C28H32ClNO8. The van der Waals surface area contributed by atoms with Crippen LogP contribution >= 0.6 is 11.6 Å². The van der Waals surface area contributed by atoms with E-state index in [1.165, 1.54) is 6.07 Å². The number of ketones is 2. The minimum absolute atomic E-state index is 0.0113. The van der Waals surface area contributed by atoms with Crippen LogP contribution < -0.4 is 0 Å². The van der Waals surface area contributed by atoms with Crippen LogP contribution in [0.25, 0.3) is 0 Å². The molecule has 204 valence electrons. The van der Waals surface area contributed by atoms with Gasteiger partial charge in [-0.2, -0.15) is 0 Å². The third-order valence-corrected chi connectivity index (χ3v) is 10.6. The molecule has 4 aliphatic carbocycles. The molecule has 3 saturated carbocycles. The van der Waals surface area contributed by atoms with Crippen molar-refractivity contribution in [2.75, 3.05) is 6.61 Å². The Labute approximate surface area is 225 Å². The summed E-state index contributed by atoms with van der Waals surface area (Å²) in [6, 6.07) is 3.35. The van der Waals surface area contributed by atoms with Gasteiger partial charge in [0.25, 0.3) is 5.69 Å². The standard InChI is InChI=1S/C28H32ClNO8/c1-26-9-7-17(31)11-15(26)3-5-18-20-8-10-28(35,27(20,2)13-22(32)24(18)26)23(33)14-38-25(34)19-12-16(30(36)37)4-6-21(19)29/h4,6,11-12,18,20,22,24,32,35H,3,5,7-10,13-14H2,1-2H3/t18-,20-,22-,24+,26-,27-,28-/m0/s1. The van der Waals surface area contributed by atoms with Crippen LogP contribution in [0.5, 0.6) is 0 Å². The maximum atomic E-state index is 13.4. The Balaban J connectivity index is 1.35. The third-order valence-electron chi connectivity index (χ3n) is 10.2. The number of hydrogen-bond donors (Lipinski definition) is 2. The van der Waals surface area contributed by atoms with E-state index in [9.17, 15) is 34.7 Å². The van der Waals surface area contributed by atoms with Crippen molar-refractivity contribution in [2.45, 2.75) is 70.5 Å². The van der Waals surface area contributed by atoms with Crippen LogP contribution in [0, 0.1) is 38.7 Å². The first kappa shape index (κ1) is 27.0. The third kappa shape index (κ3) is 3.93. The summed E-state index contributed by atoms with van der Waals surface area (Å²) < 4.78 is 5.18. The number of fused-ring (bicyclic) bond motifs is 5. The molecule has 7 atom stereocenters. The monoisotopic (exact) mass is 545 g/mol. The van der Waals surface area contributed by atoms with E-state index in [1.54, 1.807) is 6.08 Å². The molecule has 2 N–H and O–H groups in total. The Morgan fingerprint density at radius 2 is 1.95 bits per heavy atom. The molecule has 0 unspecified atom stereocenters. The van der Waals surface area contributed by atoms with E-state index in [4.69, 9.17) is 16.3 Å². The lowest BCUT2D eigenvalue weighted by Crippen LogP contribution is -2.62. The molecule has 0 spiro atoms. The molecule has 10 heteroatoms. The number of benzene rings is 1. The summed E-state index contributed by atoms with van der Waals surface area (Å²) in [5.74, 6) is -1.50. The lowest BCUT2D eigenvalue weighted by Gasteiger charge is -2.60. The number of rotatable bonds is 5. The molecular weight excluding hydrogens is 514 g/mol. The van der Waals surface area contributed by atoms with Crippen molar-refractivity contribution in [1.82, 2.24) is 0 Å². The first-order valence-corrected chi connectivity index (χ1v) is 13.5. The lowest BCUT2D eigenvalue weighted by molar-refractivity contribution is -0.384. The van der Waals surface area contributed by atoms with Gasteiger partial charge in [0.2, 0.25) is 5.78 Å². The van der Waals surface area contributed by atoms with Crippen molar-refractivity contribution in [3.8, 4) is 0 Å². The average molecular weight is 546 g/mol. The molecule has 0 aromatic heterocycles. The number of carbonyl (C=O) groups is 3. The van der Waals surface area contributed by atoms with Gasteiger partial charge in [-0.3, -0.25) is 19.7 Å². The Morgan fingerprint density at radius 3 is 2.66 bits per heavy atom. The van der Waals surface area contributed by atoms with Gasteiger partial charge >= 0.3 is 5.97 Å². The largest absolute Gasteiger partial charge is 0.454 e. The van der Waals surface area contributed by atoms with E-state index in [0.717, 1.165) is 30.5 Å². The molecule has 38 heavy (non-hydrogen) atoms.